The van der Waals surface area contributed by atoms with Gasteiger partial charge in [-0.15, -0.1) is 0 Å². The third-order valence-electron chi connectivity index (χ3n) is 4.18. The van der Waals surface area contributed by atoms with E-state index in [0.29, 0.717) is 6.42 Å². The predicted octanol–water partition coefficient (Wildman–Crippen LogP) is 3.14. The lowest BCUT2D eigenvalue weighted by Gasteiger charge is -2.29. The first-order chi connectivity index (χ1) is 9.66. The van der Waals surface area contributed by atoms with E-state index in [9.17, 15) is 9.59 Å². The number of rotatable bonds is 2. The minimum Gasteiger partial charge on any atom is -0.458 e. The maximum Gasteiger partial charge on any atom is 0.303 e. The molecule has 0 heterocycles. The van der Waals surface area contributed by atoms with Crippen molar-refractivity contribution in [2.45, 2.75) is 38.7 Å². The third-order valence-corrected chi connectivity index (χ3v) is 4.18. The van der Waals surface area contributed by atoms with Crippen molar-refractivity contribution < 1.29 is 14.3 Å². The summed E-state index contributed by atoms with van der Waals surface area (Å²) in [6, 6.07) is 9.74. The van der Waals surface area contributed by atoms with Crippen LogP contribution in [0.3, 0.4) is 0 Å². The Balaban J connectivity index is 2.06. The number of benzene rings is 1. The molecule has 0 aromatic heterocycles. The van der Waals surface area contributed by atoms with Crippen LogP contribution >= 0.6 is 0 Å². The van der Waals surface area contributed by atoms with Crippen LogP contribution in [0.15, 0.2) is 35.9 Å². The molecular weight excluding hydrogens is 252 g/mol. The number of ketones is 1. The summed E-state index contributed by atoms with van der Waals surface area (Å²) in [4.78, 5) is 23.7. The lowest BCUT2D eigenvalue weighted by atomic mass is 9.82. The first-order valence-corrected chi connectivity index (χ1v) is 7.16. The monoisotopic (exact) mass is 270 g/mol. The highest BCUT2D eigenvalue weighted by Gasteiger charge is 2.40. The van der Waals surface area contributed by atoms with Gasteiger partial charge in [0.1, 0.15) is 6.10 Å². The molecule has 0 bridgehead atoms. The van der Waals surface area contributed by atoms with Gasteiger partial charge in [-0.1, -0.05) is 30.3 Å². The highest BCUT2D eigenvalue weighted by atomic mass is 16.5. The fourth-order valence-corrected chi connectivity index (χ4v) is 3.44. The van der Waals surface area contributed by atoms with Crippen LogP contribution in [-0.2, 0) is 14.3 Å². The van der Waals surface area contributed by atoms with Crippen molar-refractivity contribution in [2.75, 3.05) is 0 Å². The number of carbonyl (C=O) groups is 2. The number of allylic oxidation sites excluding steroid dienone is 1. The van der Waals surface area contributed by atoms with Gasteiger partial charge in [-0.25, -0.2) is 0 Å². The van der Waals surface area contributed by atoms with Crippen LogP contribution in [-0.4, -0.2) is 17.9 Å². The molecule has 3 rings (SSSR count). The van der Waals surface area contributed by atoms with Gasteiger partial charge in [0.05, 0.1) is 0 Å². The quantitative estimate of drug-likeness (QED) is 0.775. The van der Waals surface area contributed by atoms with Crippen LogP contribution in [0.1, 0.15) is 38.2 Å². The summed E-state index contributed by atoms with van der Waals surface area (Å²) in [5.74, 6) is 0.181. The summed E-state index contributed by atoms with van der Waals surface area (Å²) in [5.41, 5.74) is 2.80. The van der Waals surface area contributed by atoms with E-state index < -0.39 is 0 Å². The average Bonchev–Trinajstić information content (AvgIpc) is 2.76. The number of Topliss-reactive ketones (excluding diaryl/α,β-unsaturated/α-hetero) is 1. The zero-order valence-corrected chi connectivity index (χ0v) is 11.6. The molecule has 3 heteroatoms. The molecule has 1 fully saturated rings. The molecular formula is C17H18O3. The zero-order valence-electron chi connectivity index (χ0n) is 11.6. The highest BCUT2D eigenvalue weighted by Crippen LogP contribution is 2.44. The van der Waals surface area contributed by atoms with E-state index in [-0.39, 0.29) is 23.8 Å². The fourth-order valence-electron chi connectivity index (χ4n) is 3.44. The van der Waals surface area contributed by atoms with Crippen LogP contribution in [0.5, 0.6) is 0 Å². The van der Waals surface area contributed by atoms with Crippen molar-refractivity contribution in [1.29, 1.82) is 0 Å². The van der Waals surface area contributed by atoms with Gasteiger partial charge >= 0.3 is 5.97 Å². The Morgan fingerprint density at radius 3 is 2.65 bits per heavy atom. The molecule has 1 aromatic rings. The Labute approximate surface area is 118 Å². The van der Waals surface area contributed by atoms with Gasteiger partial charge in [0, 0.05) is 18.9 Å². The Morgan fingerprint density at radius 1 is 1.20 bits per heavy atom. The molecule has 2 aliphatic rings. The molecule has 0 saturated heterocycles. The summed E-state index contributed by atoms with van der Waals surface area (Å²) in [6.45, 7) is 1.43. The number of esters is 1. The summed E-state index contributed by atoms with van der Waals surface area (Å²) in [6.07, 6.45) is 3.22. The molecule has 1 saturated carbocycles. The average molecular weight is 270 g/mol. The molecule has 0 amide bonds. The molecule has 0 spiro atoms. The lowest BCUT2D eigenvalue weighted by Crippen LogP contribution is -2.26. The molecule has 2 aliphatic carbocycles. The first kappa shape index (κ1) is 13.1. The van der Waals surface area contributed by atoms with Crippen LogP contribution in [0, 0.1) is 5.92 Å². The van der Waals surface area contributed by atoms with Gasteiger partial charge in [-0.2, -0.15) is 0 Å². The molecule has 3 nitrogen and oxygen atoms in total. The minimum absolute atomic E-state index is 0.190. The highest BCUT2D eigenvalue weighted by molar-refractivity contribution is 6.24. The summed E-state index contributed by atoms with van der Waals surface area (Å²) in [5, 5.41) is 0. The second-order valence-electron chi connectivity index (χ2n) is 5.55. The normalized spacial score (nSPS) is 25.6. The predicted molar refractivity (Wildman–Crippen MR) is 75.9 cm³/mol. The second-order valence-corrected chi connectivity index (χ2v) is 5.55. The second kappa shape index (κ2) is 5.23. The lowest BCUT2D eigenvalue weighted by molar-refractivity contribution is -0.145. The van der Waals surface area contributed by atoms with E-state index in [4.69, 9.17) is 4.74 Å². The maximum atomic E-state index is 12.4. The number of carbonyl (C=O) groups excluding carboxylic acids is 2. The van der Waals surface area contributed by atoms with E-state index in [0.717, 1.165) is 36.0 Å². The molecule has 0 unspecified atom stereocenters. The zero-order chi connectivity index (χ0) is 14.1. The topological polar surface area (TPSA) is 43.4 Å². The number of ether oxygens (including phenoxy) is 1. The molecule has 0 aliphatic heterocycles. The standard InChI is InChI=1S/C17H18O3/c1-11(18)20-15-9-5-8-13-10-14(19)16(17(13)15)12-6-3-2-4-7-12/h2-4,6-7,13,15H,5,8-10H2,1H3/t13-,15+/m0/s1. The van der Waals surface area contributed by atoms with Gasteiger partial charge in [-0.3, -0.25) is 9.59 Å². The number of hydrogen-bond acceptors (Lipinski definition) is 3. The van der Waals surface area contributed by atoms with Crippen LogP contribution in [0.2, 0.25) is 0 Å². The SMILES string of the molecule is CC(=O)O[C@@H]1CCC[C@H]2CC(=O)C(c3ccccc3)=C21. The summed E-state index contributed by atoms with van der Waals surface area (Å²) < 4.78 is 5.46. The molecule has 20 heavy (non-hydrogen) atoms. The van der Waals surface area contributed by atoms with Gasteiger partial charge < -0.3 is 4.74 Å². The van der Waals surface area contributed by atoms with Gasteiger partial charge in [0.25, 0.3) is 0 Å². The fraction of sp³-hybridized carbons (Fsp3) is 0.412. The largest absolute Gasteiger partial charge is 0.458 e. The van der Waals surface area contributed by atoms with E-state index in [1.165, 1.54) is 6.92 Å². The maximum absolute atomic E-state index is 12.4. The molecule has 1 aromatic carbocycles. The van der Waals surface area contributed by atoms with Gasteiger partial charge in [-0.05, 0) is 36.3 Å². The number of fused-ring (bicyclic) bond motifs is 1. The summed E-state index contributed by atoms with van der Waals surface area (Å²) in [7, 11) is 0. The molecule has 2 atom stereocenters. The van der Waals surface area contributed by atoms with Crippen LogP contribution in [0.4, 0.5) is 0 Å². The van der Waals surface area contributed by atoms with E-state index in [2.05, 4.69) is 0 Å². The number of hydrogen-bond donors (Lipinski definition) is 0. The van der Waals surface area contributed by atoms with Crippen molar-refractivity contribution in [3.8, 4) is 0 Å². The van der Waals surface area contributed by atoms with E-state index in [1.54, 1.807) is 0 Å². The van der Waals surface area contributed by atoms with Crippen LogP contribution in [0.25, 0.3) is 5.57 Å². The van der Waals surface area contributed by atoms with Crippen molar-refractivity contribution in [1.82, 2.24) is 0 Å². The molecule has 104 valence electrons. The Hall–Kier alpha value is -1.90. The smallest absolute Gasteiger partial charge is 0.303 e. The molecule has 0 N–H and O–H groups in total. The minimum atomic E-state index is -0.269. The van der Waals surface area contributed by atoms with E-state index in [1.807, 2.05) is 30.3 Å². The Bertz CT molecular complexity index is 571. The Kier molecular flexibility index (Phi) is 3.43. The van der Waals surface area contributed by atoms with Gasteiger partial charge in [0.15, 0.2) is 5.78 Å². The van der Waals surface area contributed by atoms with Crippen molar-refractivity contribution >= 4 is 17.3 Å². The van der Waals surface area contributed by atoms with Gasteiger partial charge in [0.2, 0.25) is 0 Å². The van der Waals surface area contributed by atoms with Crippen LogP contribution < -0.4 is 0 Å². The molecule has 0 radical (unpaired) electrons. The van der Waals surface area contributed by atoms with Crippen molar-refractivity contribution in [3.63, 3.8) is 0 Å². The van der Waals surface area contributed by atoms with E-state index >= 15 is 0 Å². The third kappa shape index (κ3) is 2.28. The summed E-state index contributed by atoms with van der Waals surface area (Å²) >= 11 is 0. The Morgan fingerprint density at radius 2 is 1.95 bits per heavy atom. The first-order valence-electron chi connectivity index (χ1n) is 7.16. The van der Waals surface area contributed by atoms with Crippen molar-refractivity contribution in [3.05, 3.63) is 41.5 Å². The van der Waals surface area contributed by atoms with Crippen molar-refractivity contribution in [2.24, 2.45) is 5.92 Å².